The van der Waals surface area contributed by atoms with E-state index in [0.29, 0.717) is 12.0 Å². The van der Waals surface area contributed by atoms with Gasteiger partial charge in [-0.3, -0.25) is 4.79 Å². The zero-order valence-electron chi connectivity index (χ0n) is 9.66. The maximum Gasteiger partial charge on any atom is 0.219 e. The number of carbonyl (C=O) groups is 1. The zero-order chi connectivity index (χ0) is 13.2. The first-order chi connectivity index (χ1) is 8.64. The van der Waals surface area contributed by atoms with E-state index in [-0.39, 0.29) is 0 Å². The highest BCUT2D eigenvalue weighted by molar-refractivity contribution is 5.74. The van der Waals surface area contributed by atoms with E-state index in [1.54, 1.807) is 24.3 Å². The summed E-state index contributed by atoms with van der Waals surface area (Å²) in [5, 5.41) is 17.2. The third-order valence-corrected chi connectivity index (χ3v) is 2.98. The molecule has 1 aliphatic rings. The Hall–Kier alpha value is -2.08. The lowest BCUT2D eigenvalue weighted by molar-refractivity contribution is -0.388. The van der Waals surface area contributed by atoms with E-state index >= 15 is 0 Å². The molecule has 0 spiro atoms. The summed E-state index contributed by atoms with van der Waals surface area (Å²) in [4.78, 5) is 18.2. The number of fused-ring (bicyclic) bond motifs is 1. The highest BCUT2D eigenvalue weighted by atomic mass is 17.1. The Kier molecular flexibility index (Phi) is 3.20. The van der Waals surface area contributed by atoms with Crippen LogP contribution in [0.3, 0.4) is 0 Å². The average Bonchev–Trinajstić information content (AvgIpc) is 2.64. The second-order valence-electron chi connectivity index (χ2n) is 4.08. The summed E-state index contributed by atoms with van der Waals surface area (Å²) in [7, 11) is 0. The van der Waals surface area contributed by atoms with Crippen molar-refractivity contribution in [1.29, 1.82) is 0 Å². The summed E-state index contributed by atoms with van der Waals surface area (Å²) < 4.78 is 0. The summed E-state index contributed by atoms with van der Waals surface area (Å²) in [6, 6.07) is 6.22. The molecule has 7 nitrogen and oxygen atoms in total. The fourth-order valence-electron chi connectivity index (χ4n) is 2.31. The van der Waals surface area contributed by atoms with Crippen LogP contribution in [0.1, 0.15) is 18.1 Å². The number of rotatable bonds is 3. The lowest BCUT2D eigenvalue weighted by atomic mass is 10.0. The maximum absolute atomic E-state index is 11.3. The van der Waals surface area contributed by atoms with Gasteiger partial charge in [0.25, 0.3) is 0 Å². The normalized spacial score (nSPS) is 25.1. The van der Waals surface area contributed by atoms with E-state index in [9.17, 15) is 10.1 Å². The minimum absolute atomic E-state index is 0.350. The summed E-state index contributed by atoms with van der Waals surface area (Å²) in [6.45, 7) is 1.27. The lowest BCUT2D eigenvalue weighted by Crippen LogP contribution is -2.51. The van der Waals surface area contributed by atoms with Crippen LogP contribution in [0.25, 0.3) is 10.4 Å². The van der Waals surface area contributed by atoms with E-state index in [4.69, 9.17) is 5.53 Å². The fraction of sp³-hybridized carbons (Fsp3) is 0.364. The van der Waals surface area contributed by atoms with Gasteiger partial charge in [-0.1, -0.05) is 29.4 Å². The number of amides is 1. The monoisotopic (exact) mass is 247 g/mol. The predicted octanol–water partition coefficient (Wildman–Crippen LogP) is 1.57. The Morgan fingerprint density at radius 3 is 2.94 bits per heavy atom. The molecule has 0 saturated heterocycles. The molecule has 0 saturated carbocycles. The molecule has 1 N–H and O–H groups in total. The van der Waals surface area contributed by atoms with Gasteiger partial charge < -0.3 is 5.32 Å². The molecule has 2 rings (SSSR count). The van der Waals surface area contributed by atoms with E-state index in [2.05, 4.69) is 20.2 Å². The Morgan fingerprint density at radius 2 is 2.33 bits per heavy atom. The third kappa shape index (κ3) is 1.80. The maximum atomic E-state index is 11.3. The Bertz CT molecular complexity index is 527. The average molecular weight is 247 g/mol. The molecule has 18 heavy (non-hydrogen) atoms. The molecule has 2 atom stereocenters. The number of carbonyl (C=O) groups excluding carboxylic acids is 1. The first kappa shape index (κ1) is 12.4. The van der Waals surface area contributed by atoms with Crippen LogP contribution in [0.5, 0.6) is 0 Å². The molecule has 0 fully saturated rings. The Balaban J connectivity index is 2.55. The van der Waals surface area contributed by atoms with Gasteiger partial charge in [0.05, 0.1) is 6.04 Å². The Labute approximate surface area is 103 Å². The van der Waals surface area contributed by atoms with E-state index in [1.165, 1.54) is 6.92 Å². The van der Waals surface area contributed by atoms with Gasteiger partial charge in [0, 0.05) is 17.4 Å². The van der Waals surface area contributed by atoms with Gasteiger partial charge in [-0.25, -0.2) is 0 Å². The smallest absolute Gasteiger partial charge is 0.219 e. The van der Waals surface area contributed by atoms with Crippen LogP contribution in [0.4, 0.5) is 0 Å². The second kappa shape index (κ2) is 4.66. The van der Waals surface area contributed by atoms with E-state index in [1.807, 2.05) is 0 Å². The van der Waals surface area contributed by atoms with Gasteiger partial charge in [0.15, 0.2) is 0 Å². The van der Waals surface area contributed by atoms with Gasteiger partial charge >= 0.3 is 0 Å². The first-order valence-electron chi connectivity index (χ1n) is 5.36. The van der Waals surface area contributed by atoms with Gasteiger partial charge in [-0.05, 0) is 22.8 Å². The molecule has 0 heterocycles. The van der Waals surface area contributed by atoms with E-state index in [0.717, 1.165) is 5.56 Å². The van der Waals surface area contributed by atoms with Crippen LogP contribution in [0, 0.1) is 0 Å². The lowest BCUT2D eigenvalue weighted by Gasteiger charge is -2.30. The standard InChI is InChI=1S/C11H11N4O3/c1-7(16)13-11(18-17)9-5-3-2-4-8(9)6-10(11)14-15-12/h2-5,10H,6H2,1H3,(H,13,16). The van der Waals surface area contributed by atoms with Crippen LogP contribution >= 0.6 is 0 Å². The van der Waals surface area contributed by atoms with Crippen molar-refractivity contribution < 1.29 is 14.9 Å². The third-order valence-electron chi connectivity index (χ3n) is 2.98. The van der Waals surface area contributed by atoms with Gasteiger partial charge in [0.2, 0.25) is 11.6 Å². The molecule has 7 heteroatoms. The van der Waals surface area contributed by atoms with Crippen molar-refractivity contribution in [2.45, 2.75) is 25.1 Å². The van der Waals surface area contributed by atoms with Crippen molar-refractivity contribution >= 4 is 5.91 Å². The topological polar surface area (TPSA) is 107 Å². The van der Waals surface area contributed by atoms with Crippen LogP contribution in [-0.2, 0) is 27.1 Å². The van der Waals surface area contributed by atoms with Crippen molar-refractivity contribution in [3.8, 4) is 0 Å². The van der Waals surface area contributed by atoms with Crippen molar-refractivity contribution in [3.63, 3.8) is 0 Å². The molecule has 1 amide bonds. The molecule has 0 aromatic heterocycles. The Morgan fingerprint density at radius 1 is 1.61 bits per heavy atom. The molecule has 0 aliphatic heterocycles. The molecule has 1 radical (unpaired) electrons. The fourth-order valence-corrected chi connectivity index (χ4v) is 2.31. The van der Waals surface area contributed by atoms with Crippen LogP contribution in [0.15, 0.2) is 29.4 Å². The quantitative estimate of drug-likeness (QED) is 0.218. The van der Waals surface area contributed by atoms with Gasteiger partial charge in [-0.15, -0.1) is 0 Å². The predicted molar refractivity (Wildman–Crippen MR) is 60.3 cm³/mol. The number of nitrogens with one attached hydrogen (secondary N) is 1. The zero-order valence-corrected chi connectivity index (χ0v) is 9.66. The largest absolute Gasteiger partial charge is 0.322 e. The molecule has 2 unspecified atom stereocenters. The molecule has 93 valence electrons. The number of azide groups is 1. The van der Waals surface area contributed by atoms with Crippen molar-refractivity contribution in [2.75, 3.05) is 0 Å². The number of hydrogen-bond acceptors (Lipinski definition) is 3. The molecular formula is C11H11N4O3. The highest BCUT2D eigenvalue weighted by Crippen LogP contribution is 2.39. The van der Waals surface area contributed by atoms with E-state index < -0.39 is 17.7 Å². The summed E-state index contributed by atoms with van der Waals surface area (Å²) in [5.74, 6) is -0.430. The highest BCUT2D eigenvalue weighted by Gasteiger charge is 2.50. The first-order valence-corrected chi connectivity index (χ1v) is 5.36. The number of nitrogens with zero attached hydrogens (tertiary/aromatic N) is 3. The molecular weight excluding hydrogens is 236 g/mol. The molecule has 1 aromatic rings. The summed E-state index contributed by atoms with van der Waals surface area (Å²) in [5.41, 5.74) is 8.29. The minimum atomic E-state index is -1.62. The second-order valence-corrected chi connectivity index (χ2v) is 4.08. The molecule has 0 bridgehead atoms. The van der Waals surface area contributed by atoms with Crippen molar-refractivity contribution in [2.24, 2.45) is 5.11 Å². The number of benzene rings is 1. The van der Waals surface area contributed by atoms with Gasteiger partial charge in [0.1, 0.15) is 0 Å². The van der Waals surface area contributed by atoms with Gasteiger partial charge in [-0.2, -0.15) is 4.89 Å². The molecule has 1 aromatic carbocycles. The van der Waals surface area contributed by atoms with Crippen LogP contribution < -0.4 is 5.32 Å². The SMILES string of the molecule is CC(=O)NC1(O[O])c2ccccc2CC1N=[N+]=[N-]. The molecule has 1 aliphatic carbocycles. The minimum Gasteiger partial charge on any atom is -0.322 e. The van der Waals surface area contributed by atoms with Crippen molar-refractivity contribution in [3.05, 3.63) is 45.8 Å². The van der Waals surface area contributed by atoms with Crippen LogP contribution in [-0.4, -0.2) is 11.9 Å². The van der Waals surface area contributed by atoms with Crippen molar-refractivity contribution in [1.82, 2.24) is 5.32 Å². The van der Waals surface area contributed by atoms with Crippen LogP contribution in [0.2, 0.25) is 0 Å². The summed E-state index contributed by atoms with van der Waals surface area (Å²) in [6.07, 6.45) is 0.350. The summed E-state index contributed by atoms with van der Waals surface area (Å²) >= 11 is 0. The number of hydrogen-bond donors (Lipinski definition) is 1.